The molecule has 142 valence electrons. The van der Waals surface area contributed by atoms with Gasteiger partial charge in [-0.3, -0.25) is 9.78 Å². The summed E-state index contributed by atoms with van der Waals surface area (Å²) in [4.78, 5) is 16.6. The van der Waals surface area contributed by atoms with Gasteiger partial charge in [-0.15, -0.1) is 10.2 Å². The maximum Gasteiger partial charge on any atom is 0.234 e. The van der Waals surface area contributed by atoms with Gasteiger partial charge in [0.1, 0.15) is 0 Å². The molecule has 0 unspecified atom stereocenters. The lowest BCUT2D eigenvalue weighted by atomic mass is 10.1. The van der Waals surface area contributed by atoms with E-state index in [1.807, 2.05) is 41.0 Å². The van der Waals surface area contributed by atoms with Crippen molar-refractivity contribution >= 4 is 28.6 Å². The first kappa shape index (κ1) is 18.4. The fraction of sp³-hybridized carbons (Fsp3) is 0.238. The van der Waals surface area contributed by atoms with E-state index in [2.05, 4.69) is 39.6 Å². The molecule has 0 saturated carbocycles. The summed E-state index contributed by atoms with van der Waals surface area (Å²) in [6, 6.07) is 10.0. The van der Waals surface area contributed by atoms with Crippen molar-refractivity contribution in [1.29, 1.82) is 0 Å². The number of nitrogens with one attached hydrogen (secondary N) is 1. The molecule has 1 aliphatic rings. The maximum absolute atomic E-state index is 12.2. The Hall–Kier alpha value is -2.93. The molecule has 0 radical (unpaired) electrons. The largest absolute Gasteiger partial charge is 0.329 e. The summed E-state index contributed by atoms with van der Waals surface area (Å²) in [7, 11) is 0. The number of benzene rings is 1. The van der Waals surface area contributed by atoms with Crippen molar-refractivity contribution in [3.8, 4) is 11.4 Å². The second kappa shape index (κ2) is 8.39. The van der Waals surface area contributed by atoms with E-state index in [9.17, 15) is 4.79 Å². The Morgan fingerprint density at radius 2 is 2.21 bits per heavy atom. The predicted octanol–water partition coefficient (Wildman–Crippen LogP) is 3.96. The van der Waals surface area contributed by atoms with Crippen LogP contribution in [0.5, 0.6) is 0 Å². The number of thioether (sulfide) groups is 1. The van der Waals surface area contributed by atoms with Crippen LogP contribution >= 0.6 is 11.8 Å². The Balaban J connectivity index is 1.49. The van der Waals surface area contributed by atoms with Gasteiger partial charge in [-0.1, -0.05) is 30.0 Å². The minimum atomic E-state index is -0.0180. The van der Waals surface area contributed by atoms with Crippen molar-refractivity contribution in [3.63, 3.8) is 0 Å². The fourth-order valence-corrected chi connectivity index (χ4v) is 3.96. The smallest absolute Gasteiger partial charge is 0.234 e. The van der Waals surface area contributed by atoms with Crippen LogP contribution in [0.3, 0.4) is 0 Å². The molecular weight excluding hydrogens is 370 g/mol. The number of pyridine rings is 1. The highest BCUT2D eigenvalue weighted by atomic mass is 32.2. The van der Waals surface area contributed by atoms with E-state index < -0.39 is 0 Å². The average molecular weight is 392 g/mol. The van der Waals surface area contributed by atoms with Gasteiger partial charge in [-0.05, 0) is 50.1 Å². The lowest BCUT2D eigenvalue weighted by Crippen LogP contribution is -2.25. The van der Waals surface area contributed by atoms with E-state index >= 15 is 0 Å². The molecule has 0 fully saturated rings. The first-order valence-electron chi connectivity index (χ1n) is 9.31. The van der Waals surface area contributed by atoms with Gasteiger partial charge in [0.15, 0.2) is 11.0 Å². The number of nitrogens with zero attached hydrogens (tertiary/aromatic N) is 4. The molecule has 2 heterocycles. The Morgan fingerprint density at radius 3 is 3.04 bits per heavy atom. The fourth-order valence-electron chi connectivity index (χ4n) is 3.16. The van der Waals surface area contributed by atoms with Crippen LogP contribution in [-0.2, 0) is 11.3 Å². The molecule has 4 rings (SSSR count). The molecule has 28 heavy (non-hydrogen) atoms. The molecule has 1 aliphatic carbocycles. The van der Waals surface area contributed by atoms with Gasteiger partial charge >= 0.3 is 0 Å². The zero-order valence-electron chi connectivity index (χ0n) is 15.6. The van der Waals surface area contributed by atoms with Gasteiger partial charge in [0.2, 0.25) is 5.91 Å². The minimum absolute atomic E-state index is 0.0180. The number of amides is 1. The van der Waals surface area contributed by atoms with Crippen molar-refractivity contribution in [2.45, 2.75) is 31.5 Å². The average Bonchev–Trinajstić information content (AvgIpc) is 3.15. The molecule has 2 aromatic heterocycles. The SMILES string of the molecule is CCn1c(SCC(=O)NC2=CC=CCC2)nnc1-c1ccc2ncccc2c1. The molecule has 0 aliphatic heterocycles. The molecule has 0 atom stereocenters. The van der Waals surface area contributed by atoms with Crippen LogP contribution in [0.4, 0.5) is 0 Å². The summed E-state index contributed by atoms with van der Waals surface area (Å²) in [5.41, 5.74) is 2.91. The maximum atomic E-state index is 12.2. The molecule has 0 bridgehead atoms. The first-order chi connectivity index (χ1) is 13.7. The van der Waals surface area contributed by atoms with Gasteiger partial charge in [0, 0.05) is 29.4 Å². The van der Waals surface area contributed by atoms with E-state index in [4.69, 9.17) is 0 Å². The topological polar surface area (TPSA) is 72.7 Å². The predicted molar refractivity (Wildman–Crippen MR) is 112 cm³/mol. The number of aromatic nitrogens is 4. The van der Waals surface area contributed by atoms with E-state index in [0.29, 0.717) is 5.75 Å². The molecule has 1 aromatic carbocycles. The summed E-state index contributed by atoms with van der Waals surface area (Å²) < 4.78 is 2.04. The van der Waals surface area contributed by atoms with Crippen molar-refractivity contribution in [3.05, 3.63) is 60.5 Å². The third kappa shape index (κ3) is 3.99. The van der Waals surface area contributed by atoms with Crippen LogP contribution in [0.1, 0.15) is 19.8 Å². The van der Waals surface area contributed by atoms with Gasteiger partial charge in [0.05, 0.1) is 11.3 Å². The molecule has 1 amide bonds. The van der Waals surface area contributed by atoms with E-state index in [1.165, 1.54) is 11.8 Å². The summed E-state index contributed by atoms with van der Waals surface area (Å²) in [5, 5.41) is 13.5. The van der Waals surface area contributed by atoms with E-state index in [0.717, 1.165) is 52.5 Å². The van der Waals surface area contributed by atoms with Crippen molar-refractivity contribution in [1.82, 2.24) is 25.1 Å². The Kier molecular flexibility index (Phi) is 5.53. The summed E-state index contributed by atoms with van der Waals surface area (Å²) >= 11 is 1.41. The molecular formula is C21H21N5OS. The second-order valence-corrected chi connectivity index (χ2v) is 7.40. The number of allylic oxidation sites excluding steroid dienone is 4. The Morgan fingerprint density at radius 1 is 1.29 bits per heavy atom. The third-order valence-corrected chi connectivity index (χ3v) is 5.51. The van der Waals surface area contributed by atoms with E-state index in [-0.39, 0.29) is 5.91 Å². The van der Waals surface area contributed by atoms with Gasteiger partial charge in [0.25, 0.3) is 0 Å². The highest BCUT2D eigenvalue weighted by Crippen LogP contribution is 2.26. The molecule has 3 aromatic rings. The number of fused-ring (bicyclic) bond motifs is 1. The van der Waals surface area contributed by atoms with Crippen LogP contribution < -0.4 is 5.32 Å². The molecule has 7 heteroatoms. The van der Waals surface area contributed by atoms with Crippen LogP contribution in [-0.4, -0.2) is 31.4 Å². The van der Waals surface area contributed by atoms with Crippen LogP contribution in [0.2, 0.25) is 0 Å². The number of hydrogen-bond acceptors (Lipinski definition) is 5. The van der Waals surface area contributed by atoms with Crippen LogP contribution in [0.15, 0.2) is 65.6 Å². The number of carbonyl (C=O) groups excluding carboxylic acids is 1. The number of hydrogen-bond donors (Lipinski definition) is 1. The van der Waals surface area contributed by atoms with Gasteiger partial charge in [-0.2, -0.15) is 0 Å². The monoisotopic (exact) mass is 391 g/mol. The van der Waals surface area contributed by atoms with Gasteiger partial charge in [-0.25, -0.2) is 0 Å². The zero-order valence-corrected chi connectivity index (χ0v) is 16.4. The normalized spacial score (nSPS) is 13.5. The number of rotatable bonds is 6. The van der Waals surface area contributed by atoms with Crippen molar-refractivity contribution in [2.24, 2.45) is 0 Å². The highest BCUT2D eigenvalue weighted by molar-refractivity contribution is 7.99. The van der Waals surface area contributed by atoms with E-state index in [1.54, 1.807) is 6.20 Å². The molecule has 0 saturated heterocycles. The summed E-state index contributed by atoms with van der Waals surface area (Å²) in [6.07, 6.45) is 9.65. The standard InChI is InChI=1S/C21H21N5OS/c1-2-26-20(16-10-11-18-15(13-16)7-6-12-22-18)24-25-21(26)28-14-19(27)23-17-8-4-3-5-9-17/h3-4,6-8,10-13H,2,5,9,14H2,1H3,(H,23,27). The lowest BCUT2D eigenvalue weighted by molar-refractivity contribution is -0.117. The summed E-state index contributed by atoms with van der Waals surface area (Å²) in [6.45, 7) is 2.78. The zero-order chi connectivity index (χ0) is 19.3. The molecule has 6 nitrogen and oxygen atoms in total. The molecule has 1 N–H and O–H groups in total. The quantitative estimate of drug-likeness (QED) is 0.644. The molecule has 0 spiro atoms. The lowest BCUT2D eigenvalue weighted by Gasteiger charge is -2.11. The summed E-state index contributed by atoms with van der Waals surface area (Å²) in [5.74, 6) is 1.09. The van der Waals surface area contributed by atoms with Gasteiger partial charge < -0.3 is 9.88 Å². The van der Waals surface area contributed by atoms with Crippen molar-refractivity contribution < 1.29 is 4.79 Å². The Bertz CT molecular complexity index is 1070. The third-order valence-electron chi connectivity index (χ3n) is 4.54. The minimum Gasteiger partial charge on any atom is -0.329 e. The second-order valence-electron chi connectivity index (χ2n) is 6.46. The number of carbonyl (C=O) groups is 1. The van der Waals surface area contributed by atoms with Crippen LogP contribution in [0.25, 0.3) is 22.3 Å². The highest BCUT2D eigenvalue weighted by Gasteiger charge is 2.15. The van der Waals surface area contributed by atoms with Crippen molar-refractivity contribution in [2.75, 3.05) is 5.75 Å². The van der Waals surface area contributed by atoms with Crippen LogP contribution in [0, 0.1) is 0 Å². The first-order valence-corrected chi connectivity index (χ1v) is 10.3. The Labute approximate surface area is 167 Å².